The Labute approximate surface area is 318 Å². The Morgan fingerprint density at radius 3 is 1.74 bits per heavy atom. The van der Waals surface area contributed by atoms with Crippen LogP contribution in [0.2, 0.25) is 0 Å². The van der Waals surface area contributed by atoms with E-state index in [9.17, 15) is 0 Å². The van der Waals surface area contributed by atoms with Gasteiger partial charge in [-0.15, -0.1) is 0 Å². The summed E-state index contributed by atoms with van der Waals surface area (Å²) in [6.45, 7) is 9.99. The molecule has 0 saturated carbocycles. The van der Waals surface area contributed by atoms with Crippen LogP contribution in [-0.2, 0) is 16.2 Å². The van der Waals surface area contributed by atoms with Crippen molar-refractivity contribution in [1.29, 1.82) is 0 Å². The van der Waals surface area contributed by atoms with E-state index in [-0.39, 0.29) is 16.7 Å². The van der Waals surface area contributed by atoms with Crippen LogP contribution in [-0.4, -0.2) is 5.54 Å². The highest BCUT2D eigenvalue weighted by Gasteiger charge is 2.67. The van der Waals surface area contributed by atoms with Crippen LogP contribution in [0.1, 0.15) is 55.5 Å². The lowest BCUT2D eigenvalue weighted by Crippen LogP contribution is -2.58. The summed E-state index contributed by atoms with van der Waals surface area (Å²) in [5.74, 6) is 0.199. The van der Waals surface area contributed by atoms with Gasteiger partial charge in [0.2, 0.25) is 0 Å². The minimum absolute atomic E-state index is 0.199. The third-order valence-electron chi connectivity index (χ3n) is 13.8. The molecule has 4 atom stereocenters. The molecule has 0 amide bonds. The molecule has 0 aromatic heterocycles. The second-order valence-corrected chi connectivity index (χ2v) is 16.6. The summed E-state index contributed by atoms with van der Waals surface area (Å²) in [5, 5.41) is 5.08. The highest BCUT2D eigenvalue weighted by atomic mass is 15.2. The van der Waals surface area contributed by atoms with Crippen LogP contribution in [0.15, 0.2) is 199 Å². The Hall–Kier alpha value is -5.92. The Bertz CT molecular complexity index is 2730. The number of nitrogens with zero attached hydrogens (tertiary/aromatic N) is 1. The first kappa shape index (κ1) is 31.6. The van der Waals surface area contributed by atoms with Gasteiger partial charge in [0, 0.05) is 22.2 Å². The van der Waals surface area contributed by atoms with Crippen LogP contribution in [0.3, 0.4) is 0 Å². The van der Waals surface area contributed by atoms with Crippen LogP contribution < -0.4 is 4.90 Å². The van der Waals surface area contributed by atoms with Gasteiger partial charge in [-0.2, -0.15) is 0 Å². The zero-order valence-electron chi connectivity index (χ0n) is 31.3. The average molecular weight is 694 g/mol. The first-order valence-electron chi connectivity index (χ1n) is 19.5. The van der Waals surface area contributed by atoms with E-state index >= 15 is 0 Å². The highest BCUT2D eigenvalue weighted by molar-refractivity contribution is 6.00. The topological polar surface area (TPSA) is 3.24 Å². The van der Waals surface area contributed by atoms with Gasteiger partial charge in [-0.05, 0) is 123 Å². The Balaban J connectivity index is 1.29. The van der Waals surface area contributed by atoms with E-state index in [0.717, 1.165) is 0 Å². The van der Waals surface area contributed by atoms with Crippen LogP contribution >= 0.6 is 0 Å². The summed E-state index contributed by atoms with van der Waals surface area (Å²) in [6, 6.07) is 61.6. The smallest absolute Gasteiger partial charge is 0.0833 e. The molecular formula is C53H43N. The van der Waals surface area contributed by atoms with Crippen molar-refractivity contribution >= 4 is 32.9 Å². The fourth-order valence-corrected chi connectivity index (χ4v) is 11.7. The lowest BCUT2D eigenvalue weighted by molar-refractivity contribution is 0.424. The monoisotopic (exact) mass is 693 g/mol. The van der Waals surface area contributed by atoms with Crippen molar-refractivity contribution < 1.29 is 0 Å². The van der Waals surface area contributed by atoms with E-state index in [1.54, 1.807) is 0 Å². The van der Waals surface area contributed by atoms with Crippen molar-refractivity contribution in [3.8, 4) is 0 Å². The molecule has 11 rings (SSSR count). The largest absolute Gasteiger partial charge is 0.328 e. The van der Waals surface area contributed by atoms with Crippen molar-refractivity contribution in [2.24, 2.45) is 5.92 Å². The number of anilines is 2. The Morgan fingerprint density at radius 2 is 1.09 bits per heavy atom. The molecule has 7 aromatic rings. The summed E-state index contributed by atoms with van der Waals surface area (Å²) in [4.78, 5) is 2.69. The minimum atomic E-state index is -0.459. The molecule has 0 saturated heterocycles. The maximum absolute atomic E-state index is 2.69. The van der Waals surface area contributed by atoms with Crippen LogP contribution in [0, 0.1) is 5.92 Å². The van der Waals surface area contributed by atoms with Crippen molar-refractivity contribution in [2.45, 2.75) is 49.5 Å². The maximum Gasteiger partial charge on any atom is 0.0833 e. The average Bonchev–Trinajstić information content (AvgIpc) is 3.45. The lowest BCUT2D eigenvalue weighted by Gasteiger charge is -2.60. The minimum Gasteiger partial charge on any atom is -0.328 e. The summed E-state index contributed by atoms with van der Waals surface area (Å²) < 4.78 is 0. The van der Waals surface area contributed by atoms with Gasteiger partial charge in [0.1, 0.15) is 0 Å². The molecule has 1 heteroatoms. The van der Waals surface area contributed by atoms with Gasteiger partial charge in [0.25, 0.3) is 0 Å². The van der Waals surface area contributed by atoms with Gasteiger partial charge in [0.05, 0.1) is 11.0 Å². The molecule has 4 unspecified atom stereocenters. The molecule has 260 valence electrons. The predicted octanol–water partition coefficient (Wildman–Crippen LogP) is 12.9. The molecule has 54 heavy (non-hydrogen) atoms. The van der Waals surface area contributed by atoms with Gasteiger partial charge in [-0.3, -0.25) is 0 Å². The van der Waals surface area contributed by atoms with Gasteiger partial charge in [-0.25, -0.2) is 0 Å². The molecule has 7 aromatic carbocycles. The number of allylic oxidation sites excluding steroid dienone is 4. The molecule has 0 radical (unpaired) electrons. The summed E-state index contributed by atoms with van der Waals surface area (Å²) in [7, 11) is 0. The number of hydrogen-bond acceptors (Lipinski definition) is 1. The van der Waals surface area contributed by atoms with Gasteiger partial charge >= 0.3 is 0 Å². The first-order chi connectivity index (χ1) is 26.3. The first-order valence-corrected chi connectivity index (χ1v) is 19.5. The molecule has 1 aliphatic heterocycles. The fraction of sp³-hybridized carbons (Fsp3) is 0.170. The van der Waals surface area contributed by atoms with Crippen LogP contribution in [0.4, 0.5) is 11.4 Å². The van der Waals surface area contributed by atoms with Crippen molar-refractivity contribution in [3.63, 3.8) is 0 Å². The zero-order chi connectivity index (χ0) is 36.5. The molecule has 0 N–H and O–H groups in total. The number of rotatable bonds is 4. The third kappa shape index (κ3) is 3.80. The van der Waals surface area contributed by atoms with Crippen molar-refractivity contribution in [3.05, 3.63) is 227 Å². The fourth-order valence-electron chi connectivity index (χ4n) is 11.7. The highest BCUT2D eigenvalue weighted by Crippen LogP contribution is 2.73. The molecule has 4 aliphatic rings. The second kappa shape index (κ2) is 10.8. The van der Waals surface area contributed by atoms with Gasteiger partial charge in [-0.1, -0.05) is 159 Å². The number of hydrogen-bond donors (Lipinski definition) is 0. The zero-order valence-corrected chi connectivity index (χ0v) is 31.3. The molecule has 3 aliphatic carbocycles. The van der Waals surface area contributed by atoms with E-state index in [2.05, 4.69) is 215 Å². The molecule has 0 spiro atoms. The van der Waals surface area contributed by atoms with E-state index in [1.807, 2.05) is 0 Å². The summed E-state index contributed by atoms with van der Waals surface area (Å²) >= 11 is 0. The normalized spacial score (nSPS) is 25.9. The molecule has 1 nitrogen and oxygen atoms in total. The SMILES string of the molecule is CC1C=C2C3(C)C4=C1C(C)(c1ccccc1)C=CC4(C)N(c1ccc4cc5ccccc5cc4c1)c1cccc(c13)C2(c1ccccc1)c1ccccc1. The van der Waals surface area contributed by atoms with Gasteiger partial charge in [0.15, 0.2) is 0 Å². The van der Waals surface area contributed by atoms with Crippen molar-refractivity contribution in [1.82, 2.24) is 0 Å². The molecular weight excluding hydrogens is 651 g/mol. The van der Waals surface area contributed by atoms with E-state index < -0.39 is 11.0 Å². The van der Waals surface area contributed by atoms with Crippen LogP contribution in [0.25, 0.3) is 21.5 Å². The van der Waals surface area contributed by atoms with E-state index in [4.69, 9.17) is 0 Å². The van der Waals surface area contributed by atoms with Crippen LogP contribution in [0.5, 0.6) is 0 Å². The predicted molar refractivity (Wildman–Crippen MR) is 226 cm³/mol. The van der Waals surface area contributed by atoms with E-state index in [1.165, 1.54) is 77.5 Å². The number of fused-ring (bicyclic) bond motifs is 2. The lowest BCUT2D eigenvalue weighted by atomic mass is 9.49. The summed E-state index contributed by atoms with van der Waals surface area (Å²) in [5.41, 5.74) is 12.3. The van der Waals surface area contributed by atoms with E-state index in [0.29, 0.717) is 0 Å². The summed E-state index contributed by atoms with van der Waals surface area (Å²) in [6.07, 6.45) is 7.78. The quantitative estimate of drug-likeness (QED) is 0.131. The van der Waals surface area contributed by atoms with Crippen molar-refractivity contribution in [2.75, 3.05) is 4.90 Å². The van der Waals surface area contributed by atoms with Gasteiger partial charge < -0.3 is 4.90 Å². The second-order valence-electron chi connectivity index (χ2n) is 16.6. The Kier molecular flexibility index (Phi) is 6.34. The Morgan fingerprint density at radius 1 is 0.519 bits per heavy atom. The maximum atomic E-state index is 2.69. The number of benzene rings is 7. The third-order valence-corrected chi connectivity index (χ3v) is 13.8. The molecule has 0 fully saturated rings. The molecule has 1 heterocycles. The standard InChI is InChI=1S/C53H43N/c1-35-31-46-52(4)48-44(53(46,41-21-10-6-11-22-41)42-23-12-7-13-24-42)25-16-26-45(48)54(43-28-27-38-32-36-17-14-15-18-37(36)33-39(38)34-43)51(3)30-29-50(2,47(35)49(51)52)40-19-8-5-9-20-40/h5-35H,1-4H3. The molecule has 0 bridgehead atoms.